The van der Waals surface area contributed by atoms with E-state index in [1.165, 1.54) is 4.90 Å². The fraction of sp³-hybridized carbons (Fsp3) is 0.429. The highest BCUT2D eigenvalue weighted by Crippen LogP contribution is 2.21. The molecule has 0 aromatic heterocycles. The molecule has 0 bridgehead atoms. The maximum absolute atomic E-state index is 12.0. The number of hydrogen-bond donors (Lipinski definition) is 1. The molecule has 0 saturated carbocycles. The first-order chi connectivity index (χ1) is 10.1. The van der Waals surface area contributed by atoms with Crippen molar-refractivity contribution in [2.75, 3.05) is 44.9 Å². The molecule has 0 radical (unpaired) electrons. The van der Waals surface area contributed by atoms with Crippen LogP contribution in [0.3, 0.4) is 0 Å². The standard InChI is InChI=1S/C14H18ClN3O3/c1-21-7-6-16-8-13(19)17-9-14(20)18(10-17)12-4-2-11(15)3-5-12/h2-5,16H,6-10H2,1H3. The summed E-state index contributed by atoms with van der Waals surface area (Å²) in [4.78, 5) is 27.1. The molecular weight excluding hydrogens is 294 g/mol. The van der Waals surface area contributed by atoms with Crippen LogP contribution in [-0.4, -0.2) is 56.7 Å². The number of ether oxygens (including phenoxy) is 1. The van der Waals surface area contributed by atoms with Crippen molar-refractivity contribution < 1.29 is 14.3 Å². The van der Waals surface area contributed by atoms with Gasteiger partial charge in [0, 0.05) is 24.4 Å². The minimum Gasteiger partial charge on any atom is -0.383 e. The lowest BCUT2D eigenvalue weighted by molar-refractivity contribution is -0.130. The van der Waals surface area contributed by atoms with Crippen molar-refractivity contribution >= 4 is 29.1 Å². The fourth-order valence-corrected chi connectivity index (χ4v) is 2.17. The lowest BCUT2D eigenvalue weighted by Crippen LogP contribution is -2.38. The van der Waals surface area contributed by atoms with E-state index in [2.05, 4.69) is 5.32 Å². The molecule has 114 valence electrons. The number of benzene rings is 1. The van der Waals surface area contributed by atoms with Crippen molar-refractivity contribution in [3.63, 3.8) is 0 Å². The van der Waals surface area contributed by atoms with E-state index >= 15 is 0 Å². The third-order valence-electron chi connectivity index (χ3n) is 3.19. The Morgan fingerprint density at radius 3 is 2.76 bits per heavy atom. The van der Waals surface area contributed by atoms with Crippen LogP contribution in [0.15, 0.2) is 24.3 Å². The van der Waals surface area contributed by atoms with Crippen LogP contribution in [0, 0.1) is 0 Å². The van der Waals surface area contributed by atoms with Crippen LogP contribution in [0.5, 0.6) is 0 Å². The van der Waals surface area contributed by atoms with Gasteiger partial charge in [-0.15, -0.1) is 0 Å². The van der Waals surface area contributed by atoms with Crippen molar-refractivity contribution in [1.29, 1.82) is 0 Å². The number of nitrogens with zero attached hydrogens (tertiary/aromatic N) is 2. The molecule has 1 aromatic carbocycles. The van der Waals surface area contributed by atoms with Gasteiger partial charge in [-0.3, -0.25) is 14.5 Å². The first-order valence-electron chi connectivity index (χ1n) is 6.65. The molecule has 6 nitrogen and oxygen atoms in total. The fourth-order valence-electron chi connectivity index (χ4n) is 2.04. The molecule has 1 heterocycles. The molecule has 0 spiro atoms. The Hall–Kier alpha value is -1.63. The molecule has 1 N–H and O–H groups in total. The summed E-state index contributed by atoms with van der Waals surface area (Å²) in [6.45, 7) is 1.72. The monoisotopic (exact) mass is 311 g/mol. The summed E-state index contributed by atoms with van der Waals surface area (Å²) in [5, 5.41) is 3.59. The molecule has 1 fully saturated rings. The largest absolute Gasteiger partial charge is 0.383 e. The summed E-state index contributed by atoms with van der Waals surface area (Å²) >= 11 is 5.83. The van der Waals surface area contributed by atoms with E-state index in [0.717, 1.165) is 5.69 Å². The first kappa shape index (κ1) is 15.8. The van der Waals surface area contributed by atoms with Crippen molar-refractivity contribution in [2.45, 2.75) is 0 Å². The number of amides is 2. The molecule has 0 aliphatic carbocycles. The van der Waals surface area contributed by atoms with Crippen LogP contribution in [0.25, 0.3) is 0 Å². The van der Waals surface area contributed by atoms with Gasteiger partial charge in [-0.2, -0.15) is 0 Å². The van der Waals surface area contributed by atoms with Gasteiger partial charge < -0.3 is 15.0 Å². The highest BCUT2D eigenvalue weighted by Gasteiger charge is 2.31. The smallest absolute Gasteiger partial charge is 0.248 e. The highest BCUT2D eigenvalue weighted by molar-refractivity contribution is 6.30. The summed E-state index contributed by atoms with van der Waals surface area (Å²) in [7, 11) is 1.60. The van der Waals surface area contributed by atoms with Crippen molar-refractivity contribution in [3.05, 3.63) is 29.3 Å². The third-order valence-corrected chi connectivity index (χ3v) is 3.44. The second kappa shape index (κ2) is 7.40. The lowest BCUT2D eigenvalue weighted by atomic mass is 10.3. The van der Waals surface area contributed by atoms with Gasteiger partial charge >= 0.3 is 0 Å². The Balaban J connectivity index is 1.90. The number of hydrogen-bond acceptors (Lipinski definition) is 4. The molecule has 0 unspecified atom stereocenters. The average molecular weight is 312 g/mol. The SMILES string of the molecule is COCCNCC(=O)N1CC(=O)N(c2ccc(Cl)cc2)C1. The molecule has 1 aliphatic rings. The van der Waals surface area contributed by atoms with Crippen LogP contribution in [-0.2, 0) is 14.3 Å². The quantitative estimate of drug-likeness (QED) is 0.786. The van der Waals surface area contributed by atoms with E-state index in [0.29, 0.717) is 18.2 Å². The van der Waals surface area contributed by atoms with Gasteiger partial charge in [0.2, 0.25) is 11.8 Å². The van der Waals surface area contributed by atoms with Crippen LogP contribution in [0.4, 0.5) is 5.69 Å². The van der Waals surface area contributed by atoms with Gasteiger partial charge in [0.25, 0.3) is 0 Å². The van der Waals surface area contributed by atoms with E-state index in [9.17, 15) is 9.59 Å². The molecule has 1 aliphatic heterocycles. The van der Waals surface area contributed by atoms with Crippen LogP contribution in [0.2, 0.25) is 5.02 Å². The number of rotatable bonds is 6. The van der Waals surface area contributed by atoms with E-state index < -0.39 is 0 Å². The van der Waals surface area contributed by atoms with Crippen molar-refractivity contribution in [1.82, 2.24) is 10.2 Å². The summed E-state index contributed by atoms with van der Waals surface area (Å²) in [5.74, 6) is -0.196. The van der Waals surface area contributed by atoms with E-state index in [1.54, 1.807) is 36.3 Å². The molecule has 1 saturated heterocycles. The second-order valence-electron chi connectivity index (χ2n) is 4.70. The van der Waals surface area contributed by atoms with E-state index in [-0.39, 0.29) is 31.6 Å². The van der Waals surface area contributed by atoms with Gasteiger partial charge in [0.15, 0.2) is 0 Å². The molecule has 2 amide bonds. The van der Waals surface area contributed by atoms with Gasteiger partial charge in [-0.1, -0.05) is 11.6 Å². The van der Waals surface area contributed by atoms with Gasteiger partial charge in [0.1, 0.15) is 13.2 Å². The Bertz CT molecular complexity index is 507. The van der Waals surface area contributed by atoms with Crippen molar-refractivity contribution in [2.24, 2.45) is 0 Å². The highest BCUT2D eigenvalue weighted by atomic mass is 35.5. The summed E-state index contributed by atoms with van der Waals surface area (Å²) < 4.78 is 4.89. The second-order valence-corrected chi connectivity index (χ2v) is 5.14. The number of carbonyl (C=O) groups excluding carboxylic acids is 2. The topological polar surface area (TPSA) is 61.9 Å². The van der Waals surface area contributed by atoms with Crippen LogP contribution < -0.4 is 10.2 Å². The summed E-state index contributed by atoms with van der Waals surface area (Å²) in [5.41, 5.74) is 0.743. The maximum atomic E-state index is 12.0. The number of carbonyl (C=O) groups is 2. The molecular formula is C14H18ClN3O3. The van der Waals surface area contributed by atoms with Crippen LogP contribution >= 0.6 is 11.6 Å². The Labute approximate surface area is 128 Å². The maximum Gasteiger partial charge on any atom is 0.248 e. The lowest BCUT2D eigenvalue weighted by Gasteiger charge is -2.18. The van der Waals surface area contributed by atoms with E-state index in [4.69, 9.17) is 16.3 Å². The number of anilines is 1. The number of nitrogens with one attached hydrogen (secondary N) is 1. The van der Waals surface area contributed by atoms with Crippen LogP contribution in [0.1, 0.15) is 0 Å². The third kappa shape index (κ3) is 4.17. The van der Waals surface area contributed by atoms with Gasteiger partial charge in [0.05, 0.1) is 13.2 Å². The predicted molar refractivity (Wildman–Crippen MR) is 80.3 cm³/mol. The molecule has 7 heteroatoms. The average Bonchev–Trinajstić information content (AvgIpc) is 2.86. The first-order valence-corrected chi connectivity index (χ1v) is 7.03. The van der Waals surface area contributed by atoms with Gasteiger partial charge in [-0.05, 0) is 24.3 Å². The van der Waals surface area contributed by atoms with Crippen molar-refractivity contribution in [3.8, 4) is 0 Å². The zero-order valence-electron chi connectivity index (χ0n) is 11.8. The number of methoxy groups -OCH3 is 1. The zero-order valence-corrected chi connectivity index (χ0v) is 12.6. The normalized spacial score (nSPS) is 14.9. The zero-order chi connectivity index (χ0) is 15.2. The Morgan fingerprint density at radius 2 is 2.10 bits per heavy atom. The van der Waals surface area contributed by atoms with E-state index in [1.807, 2.05) is 0 Å². The minimum absolute atomic E-state index is 0.0948. The molecule has 2 rings (SSSR count). The Morgan fingerprint density at radius 1 is 1.38 bits per heavy atom. The Kier molecular flexibility index (Phi) is 5.55. The minimum atomic E-state index is -0.101. The molecule has 21 heavy (non-hydrogen) atoms. The van der Waals surface area contributed by atoms with Gasteiger partial charge in [-0.25, -0.2) is 0 Å². The predicted octanol–water partition coefficient (Wildman–Crippen LogP) is 0.709. The summed E-state index contributed by atoms with van der Waals surface area (Å²) in [6, 6.07) is 6.98. The summed E-state index contributed by atoms with van der Waals surface area (Å²) in [6.07, 6.45) is 0. The number of halogens is 1. The molecule has 0 atom stereocenters. The molecule has 1 aromatic rings.